The number of aryl methyl sites for hydroxylation is 1. The monoisotopic (exact) mass is 299 g/mol. The van der Waals surface area contributed by atoms with Gasteiger partial charge in [0.1, 0.15) is 0 Å². The summed E-state index contributed by atoms with van der Waals surface area (Å²) in [6.07, 6.45) is 1.20. The number of rotatable bonds is 2. The molecular formula is C18H21NO3. The number of anilines is 1. The highest BCUT2D eigenvalue weighted by Crippen LogP contribution is 2.68. The molecular weight excluding hydrogens is 278 g/mol. The summed E-state index contributed by atoms with van der Waals surface area (Å²) in [5.41, 5.74) is 1.57. The lowest BCUT2D eigenvalue weighted by Gasteiger charge is -2.38. The van der Waals surface area contributed by atoms with E-state index in [-0.39, 0.29) is 29.8 Å². The van der Waals surface area contributed by atoms with E-state index in [0.717, 1.165) is 18.5 Å². The summed E-state index contributed by atoms with van der Waals surface area (Å²) in [6, 6.07) is 8.12. The van der Waals surface area contributed by atoms with E-state index in [1.165, 1.54) is 5.56 Å². The molecule has 4 heteroatoms. The Morgan fingerprint density at radius 3 is 2.73 bits per heavy atom. The zero-order valence-corrected chi connectivity index (χ0v) is 12.9. The van der Waals surface area contributed by atoms with Gasteiger partial charge in [0.25, 0.3) is 0 Å². The molecule has 116 valence electrons. The SMILES string of the molecule is CC[C@]12O[C@@H]3[C@H](O)[C@H]4C[C@H]3[C@H]1[C@@H]4C(=O)N2c1ccc(C)cc1. The van der Waals surface area contributed by atoms with Crippen LogP contribution in [0.3, 0.4) is 0 Å². The largest absolute Gasteiger partial charge is 0.390 e. The predicted molar refractivity (Wildman–Crippen MR) is 81.1 cm³/mol. The van der Waals surface area contributed by atoms with E-state index in [1.54, 1.807) is 0 Å². The highest BCUT2D eigenvalue weighted by molar-refractivity contribution is 6.00. The third-order valence-corrected chi connectivity index (χ3v) is 6.59. The molecule has 2 bridgehead atoms. The molecule has 4 nitrogen and oxygen atoms in total. The van der Waals surface area contributed by atoms with Crippen LogP contribution >= 0.6 is 0 Å². The Bertz CT molecular complexity index is 657. The van der Waals surface area contributed by atoms with Crippen molar-refractivity contribution >= 4 is 11.6 Å². The van der Waals surface area contributed by atoms with Crippen LogP contribution in [0.4, 0.5) is 5.69 Å². The van der Waals surface area contributed by atoms with Gasteiger partial charge in [-0.2, -0.15) is 0 Å². The molecule has 0 unspecified atom stereocenters. The summed E-state index contributed by atoms with van der Waals surface area (Å²) in [7, 11) is 0. The summed E-state index contributed by atoms with van der Waals surface area (Å²) >= 11 is 0. The van der Waals surface area contributed by atoms with Crippen LogP contribution in [0.1, 0.15) is 25.3 Å². The number of aliphatic hydroxyl groups excluding tert-OH is 1. The minimum absolute atomic E-state index is 0.0556. The lowest BCUT2D eigenvalue weighted by atomic mass is 9.76. The molecule has 5 rings (SSSR count). The normalized spacial score (nSPS) is 47.8. The van der Waals surface area contributed by atoms with Gasteiger partial charge in [0.15, 0.2) is 5.72 Å². The molecule has 0 aromatic heterocycles. The van der Waals surface area contributed by atoms with Crippen molar-refractivity contribution in [2.24, 2.45) is 23.7 Å². The molecule has 4 aliphatic rings. The van der Waals surface area contributed by atoms with Gasteiger partial charge in [-0.15, -0.1) is 0 Å². The van der Waals surface area contributed by atoms with Gasteiger partial charge in [0.2, 0.25) is 5.91 Å². The van der Waals surface area contributed by atoms with Crippen LogP contribution in [0, 0.1) is 30.6 Å². The Balaban J connectivity index is 1.66. The molecule has 4 fully saturated rings. The van der Waals surface area contributed by atoms with Crippen molar-refractivity contribution in [3.05, 3.63) is 29.8 Å². The molecule has 2 saturated carbocycles. The van der Waals surface area contributed by atoms with E-state index in [4.69, 9.17) is 4.74 Å². The van der Waals surface area contributed by atoms with Crippen LogP contribution in [-0.4, -0.2) is 28.9 Å². The zero-order valence-electron chi connectivity index (χ0n) is 12.9. The average molecular weight is 299 g/mol. The standard InChI is InChI=1S/C18H21NO3/c1-3-18-14-12-8-11(15(20)16(12)22-18)13(14)17(21)19(18)10-6-4-9(2)5-7-10/h4-7,11-16,20H,3,8H2,1-2H3/t11-,12-,13+,14-,15+,16-,18-/m0/s1. The lowest BCUT2D eigenvalue weighted by Crippen LogP contribution is -2.50. The molecule has 1 N–H and O–H groups in total. The molecule has 1 aromatic rings. The van der Waals surface area contributed by atoms with E-state index >= 15 is 0 Å². The van der Waals surface area contributed by atoms with Crippen LogP contribution in [0.15, 0.2) is 24.3 Å². The molecule has 1 amide bonds. The molecule has 2 heterocycles. The first-order valence-corrected chi connectivity index (χ1v) is 8.35. The molecule has 22 heavy (non-hydrogen) atoms. The van der Waals surface area contributed by atoms with Crippen LogP contribution in [-0.2, 0) is 9.53 Å². The second-order valence-corrected chi connectivity index (χ2v) is 7.40. The van der Waals surface area contributed by atoms with Crippen molar-refractivity contribution in [1.29, 1.82) is 0 Å². The third-order valence-electron chi connectivity index (χ3n) is 6.59. The van der Waals surface area contributed by atoms with Crippen molar-refractivity contribution in [1.82, 2.24) is 0 Å². The summed E-state index contributed by atoms with van der Waals surface area (Å²) < 4.78 is 6.40. The van der Waals surface area contributed by atoms with Crippen molar-refractivity contribution < 1.29 is 14.6 Å². The van der Waals surface area contributed by atoms with Gasteiger partial charge < -0.3 is 9.84 Å². The van der Waals surface area contributed by atoms with Crippen molar-refractivity contribution in [2.75, 3.05) is 4.90 Å². The molecule has 7 atom stereocenters. The van der Waals surface area contributed by atoms with Crippen molar-refractivity contribution in [3.8, 4) is 0 Å². The minimum atomic E-state index is -0.543. The topological polar surface area (TPSA) is 49.8 Å². The van der Waals surface area contributed by atoms with Gasteiger partial charge in [-0.05, 0) is 43.7 Å². The number of carbonyl (C=O) groups excluding carboxylic acids is 1. The van der Waals surface area contributed by atoms with Gasteiger partial charge >= 0.3 is 0 Å². The smallest absolute Gasteiger partial charge is 0.233 e. The Hall–Kier alpha value is -1.39. The molecule has 2 saturated heterocycles. The zero-order chi connectivity index (χ0) is 15.2. The Kier molecular flexibility index (Phi) is 2.33. The summed E-state index contributed by atoms with van der Waals surface area (Å²) in [5, 5.41) is 10.5. The van der Waals surface area contributed by atoms with Crippen LogP contribution in [0.2, 0.25) is 0 Å². The predicted octanol–water partition coefficient (Wildman–Crippen LogP) is 2.09. The van der Waals surface area contributed by atoms with Crippen LogP contribution < -0.4 is 4.90 Å². The highest BCUT2D eigenvalue weighted by atomic mass is 16.6. The maximum absolute atomic E-state index is 13.1. The van der Waals surface area contributed by atoms with Gasteiger partial charge in [-0.1, -0.05) is 24.6 Å². The summed E-state index contributed by atoms with van der Waals surface area (Å²) in [6.45, 7) is 4.15. The van der Waals surface area contributed by atoms with E-state index in [2.05, 4.69) is 6.92 Å². The Labute approximate surface area is 130 Å². The lowest BCUT2D eigenvalue weighted by molar-refractivity contribution is -0.133. The second-order valence-electron chi connectivity index (χ2n) is 7.40. The molecule has 2 aliphatic carbocycles. The quantitative estimate of drug-likeness (QED) is 0.910. The maximum Gasteiger partial charge on any atom is 0.233 e. The second kappa shape index (κ2) is 3.92. The first-order chi connectivity index (χ1) is 10.6. The minimum Gasteiger partial charge on any atom is -0.390 e. The van der Waals surface area contributed by atoms with E-state index in [1.807, 2.05) is 36.1 Å². The molecule has 1 aromatic carbocycles. The summed E-state index contributed by atoms with van der Waals surface area (Å²) in [5.74, 6) is 0.797. The van der Waals surface area contributed by atoms with E-state index in [0.29, 0.717) is 5.92 Å². The number of nitrogens with zero attached hydrogens (tertiary/aromatic N) is 1. The fourth-order valence-corrected chi connectivity index (χ4v) is 5.80. The Morgan fingerprint density at radius 1 is 1.32 bits per heavy atom. The van der Waals surface area contributed by atoms with E-state index in [9.17, 15) is 9.90 Å². The molecule has 0 spiro atoms. The average Bonchev–Trinajstić information content (AvgIpc) is 3.17. The number of hydrogen-bond acceptors (Lipinski definition) is 3. The van der Waals surface area contributed by atoms with Gasteiger partial charge in [0.05, 0.1) is 18.1 Å². The maximum atomic E-state index is 13.1. The third kappa shape index (κ3) is 1.23. The van der Waals surface area contributed by atoms with Crippen molar-refractivity contribution in [2.45, 2.75) is 44.6 Å². The van der Waals surface area contributed by atoms with Gasteiger partial charge in [-0.25, -0.2) is 0 Å². The first kappa shape index (κ1) is 13.1. The highest BCUT2D eigenvalue weighted by Gasteiger charge is 2.77. The molecule has 0 radical (unpaired) electrons. The number of aliphatic hydroxyl groups is 1. The van der Waals surface area contributed by atoms with Gasteiger partial charge in [0, 0.05) is 11.6 Å². The fourth-order valence-electron chi connectivity index (χ4n) is 5.80. The van der Waals surface area contributed by atoms with Crippen LogP contribution in [0.5, 0.6) is 0 Å². The van der Waals surface area contributed by atoms with Gasteiger partial charge in [-0.3, -0.25) is 9.69 Å². The number of fused-ring (bicyclic) bond motifs is 2. The first-order valence-electron chi connectivity index (χ1n) is 8.35. The number of hydrogen-bond donors (Lipinski definition) is 1. The molecule has 2 aliphatic heterocycles. The number of benzene rings is 1. The fraction of sp³-hybridized carbons (Fsp3) is 0.611. The van der Waals surface area contributed by atoms with E-state index < -0.39 is 11.8 Å². The number of carbonyl (C=O) groups is 1. The number of ether oxygens (including phenoxy) is 1. The number of amides is 1. The van der Waals surface area contributed by atoms with Crippen LogP contribution in [0.25, 0.3) is 0 Å². The summed E-state index contributed by atoms with van der Waals surface area (Å²) in [4.78, 5) is 15.1. The Morgan fingerprint density at radius 2 is 2.05 bits per heavy atom. The van der Waals surface area contributed by atoms with Crippen molar-refractivity contribution in [3.63, 3.8) is 0 Å².